The quantitative estimate of drug-likeness (QED) is 0.0486. The number of nitrogens with zero attached hydrogens (tertiary/aromatic N) is 17. The van der Waals surface area contributed by atoms with Crippen LogP contribution in [-0.2, 0) is 39.3 Å². The second kappa shape index (κ2) is 35.0. The van der Waals surface area contributed by atoms with Gasteiger partial charge in [0.1, 0.15) is 99.9 Å². The van der Waals surface area contributed by atoms with Crippen LogP contribution in [0.15, 0.2) is 94.5 Å². The van der Waals surface area contributed by atoms with Crippen molar-refractivity contribution in [2.24, 2.45) is 0 Å². The highest BCUT2D eigenvalue weighted by molar-refractivity contribution is 14.1. The van der Waals surface area contributed by atoms with Gasteiger partial charge < -0.3 is 46.5 Å². The number of amides is 2. The number of hydrogen-bond donors (Lipinski definition) is 4. The number of nitriles is 3. The lowest BCUT2D eigenvalue weighted by atomic mass is 10.0. The molecule has 6 aromatic heterocycles. The van der Waals surface area contributed by atoms with Crippen molar-refractivity contribution >= 4 is 83.7 Å². The normalized spacial score (nSPS) is 13.0. The van der Waals surface area contributed by atoms with Crippen molar-refractivity contribution in [1.29, 1.82) is 15.8 Å². The molecule has 1 aliphatic rings. The fraction of sp³-hybridized carbons (Fsp3) is 0.290. The average molecular weight is 1630 g/mol. The Labute approximate surface area is 594 Å². The van der Waals surface area contributed by atoms with Gasteiger partial charge in [-0.2, -0.15) is 31.1 Å². The number of nitrogens with one attached hydrogen (secondary N) is 1. The van der Waals surface area contributed by atoms with Gasteiger partial charge in [-0.1, -0.05) is 0 Å². The number of fused-ring (bicyclic) bond motifs is 5. The van der Waals surface area contributed by atoms with E-state index in [9.17, 15) is 54.4 Å². The first kappa shape index (κ1) is 77.1. The minimum atomic E-state index is -2.77. The van der Waals surface area contributed by atoms with Gasteiger partial charge in [0.05, 0.1) is 60.0 Å². The van der Waals surface area contributed by atoms with E-state index in [1.807, 2.05) is 12.1 Å². The van der Waals surface area contributed by atoms with Gasteiger partial charge >= 0.3 is 0 Å². The van der Waals surface area contributed by atoms with Crippen LogP contribution >= 0.6 is 54.5 Å². The maximum Gasteiger partial charge on any atom is 0.258 e. The number of carbonyl (C=O) groups is 2. The largest absolute Gasteiger partial charge is 0.467 e. The van der Waals surface area contributed by atoms with E-state index in [-0.39, 0.29) is 122 Å². The van der Waals surface area contributed by atoms with Crippen molar-refractivity contribution in [3.63, 3.8) is 0 Å². The summed E-state index contributed by atoms with van der Waals surface area (Å²) < 4.78 is 139. The van der Waals surface area contributed by atoms with Crippen molar-refractivity contribution < 1.29 is 63.3 Å². The number of carbonyl (C=O) groups excluding carboxylic acids is 2. The summed E-state index contributed by atoms with van der Waals surface area (Å²) in [6.07, 6.45) is -5.86. The molecule has 2 amide bonds. The Kier molecular flexibility index (Phi) is 27.0. The van der Waals surface area contributed by atoms with Gasteiger partial charge in [-0.3, -0.25) is 9.59 Å². The number of anilines is 3. The molecule has 38 heteroatoms. The van der Waals surface area contributed by atoms with E-state index in [0.717, 1.165) is 35.3 Å². The summed E-state index contributed by atoms with van der Waals surface area (Å²) in [6, 6.07) is 20.1. The van der Waals surface area contributed by atoms with Crippen molar-refractivity contribution in [2.45, 2.75) is 97.6 Å². The van der Waals surface area contributed by atoms with Crippen LogP contribution in [0.2, 0.25) is 0 Å². The first-order chi connectivity index (χ1) is 47.4. The molecule has 0 saturated carbocycles. The highest BCUT2D eigenvalue weighted by Gasteiger charge is 2.30. The van der Waals surface area contributed by atoms with Crippen molar-refractivity contribution in [3.05, 3.63) is 178 Å². The number of aromatic nitrogens is 12. The number of nitrogens with two attached hydrogens (primary N) is 3. The molecule has 7 N–H and O–H groups in total. The van der Waals surface area contributed by atoms with Crippen LogP contribution in [0.4, 0.5) is 57.0 Å². The molecule has 3 aromatic carbocycles. The number of hydrogen-bond acceptors (Lipinski definition) is 21. The maximum absolute atomic E-state index is 14.0. The maximum atomic E-state index is 14.0. The molecule has 0 saturated heterocycles. The molecule has 524 valence electrons. The van der Waals surface area contributed by atoms with Crippen LogP contribution < -0.4 is 36.7 Å². The third-order valence-electron chi connectivity index (χ3n) is 13.9. The Morgan fingerprint density at radius 1 is 0.720 bits per heavy atom. The molecular weight excluding hydrogens is 1580 g/mol. The van der Waals surface area contributed by atoms with Crippen molar-refractivity contribution in [2.75, 3.05) is 38.3 Å². The van der Waals surface area contributed by atoms with Gasteiger partial charge in [0, 0.05) is 52.0 Å². The molecule has 0 unspecified atom stereocenters. The van der Waals surface area contributed by atoms with Gasteiger partial charge in [0.25, 0.3) is 48.7 Å². The van der Waals surface area contributed by atoms with Crippen LogP contribution in [0, 0.1) is 55.0 Å². The van der Waals surface area contributed by atoms with E-state index in [4.69, 9.17) is 41.9 Å². The SMILES string of the molecule is CNCc1cc(C#N)n(CC(F)F)n1.C[C@@H](Oc1nc(Br)cnc1N)c1cc(F)ccc1C(=O)N(C)Cc1cc(C#N)n(CC(F)F)n1.C[C@@H](Oc1nc(Br)cnc1N)c1cc(F)ccc1I.C[C@H]1Oc2nc(cnc2N)-c2c(nn(CC(F)F)c2C#N)CN(C)C(=O)c2ccc(F)cc21. The Morgan fingerprint density at radius 2 is 1.23 bits per heavy atom. The summed E-state index contributed by atoms with van der Waals surface area (Å²) in [5, 5.41) is 42.3. The Morgan fingerprint density at radius 3 is 1.79 bits per heavy atom. The fourth-order valence-corrected chi connectivity index (χ4v) is 10.7. The van der Waals surface area contributed by atoms with Crippen LogP contribution in [0.3, 0.4) is 0 Å². The second-order valence-electron chi connectivity index (χ2n) is 21.2. The van der Waals surface area contributed by atoms with E-state index in [0.29, 0.717) is 21.4 Å². The third-order valence-corrected chi connectivity index (χ3v) is 15.7. The van der Waals surface area contributed by atoms with Crippen LogP contribution in [-0.4, -0.2) is 121 Å². The number of alkyl halides is 6. The van der Waals surface area contributed by atoms with Crippen LogP contribution in [0.5, 0.6) is 17.6 Å². The van der Waals surface area contributed by atoms with E-state index in [1.54, 1.807) is 40.0 Å². The molecule has 0 aliphatic carbocycles. The first-order valence-electron chi connectivity index (χ1n) is 29.1. The van der Waals surface area contributed by atoms with Crippen LogP contribution in [0.1, 0.15) is 111 Å². The monoisotopic (exact) mass is 1630 g/mol. The zero-order valence-corrected chi connectivity index (χ0v) is 58.5. The van der Waals surface area contributed by atoms with Gasteiger partial charge in [-0.05, 0) is 149 Å². The highest BCUT2D eigenvalue weighted by atomic mass is 127. The first-order valence-corrected chi connectivity index (χ1v) is 31.7. The van der Waals surface area contributed by atoms with E-state index < -0.39 is 74.6 Å². The molecule has 9 aromatic rings. The third kappa shape index (κ3) is 20.2. The standard InChI is InChI=1S/C21H19BrF3N7O2.C21H18F3N7O2.C12H10BrFIN3O.C8H10F2N4/c1-11(34-20-19(27)28-8-17(22)29-20)16-5-12(23)3-4-15(16)21(33)31(2)9-13-6-14(7-26)32(30-13)10-18(24)25;1-10-13-5-11(22)3-4-12(13)21(32)30(2)8-15-18(14-7-27-19(26)20(28-14)33-10)16(6-25)31(29-15)9-17(23)24;1-6(8-4-7(14)2-3-9(8)15)19-12-11(16)17-5-10(13)18-12;1-12-4-6-2-7(3-11)14(13-6)5-8(9)10/h3-6,8,11,18H,9-10H2,1-2H3,(H2,27,28);3-5,7,10,17H,8-9H2,1-2H3,(H2,26,27);2-6H,1H3,(H2,16,17);2,8,12H,4-5H2,1H3/t11-;10-;6-;/m111./s1. The lowest BCUT2D eigenvalue weighted by molar-refractivity contribution is 0.0770. The predicted octanol–water partition coefficient (Wildman–Crippen LogP) is 11.1. The van der Waals surface area contributed by atoms with Gasteiger partial charge in [-0.15, -0.1) is 0 Å². The summed E-state index contributed by atoms with van der Waals surface area (Å²) >= 11 is 8.49. The number of halogens is 12. The summed E-state index contributed by atoms with van der Waals surface area (Å²) in [7, 11) is 4.67. The Balaban J connectivity index is 0.000000198. The molecule has 100 heavy (non-hydrogen) atoms. The average Bonchev–Trinajstić information content (AvgIpc) is 1.54. The van der Waals surface area contributed by atoms with Gasteiger partial charge in [0.15, 0.2) is 17.5 Å². The minimum absolute atomic E-state index is 0.00601. The summed E-state index contributed by atoms with van der Waals surface area (Å²) in [5.41, 5.74) is 20.1. The molecule has 0 spiro atoms. The Hall–Kier alpha value is -10.2. The number of ether oxygens (including phenoxy) is 3. The fourth-order valence-electron chi connectivity index (χ4n) is 9.43. The number of nitrogen functional groups attached to an aromatic ring is 3. The topological polar surface area (TPSA) is 361 Å². The molecule has 1 aliphatic heterocycles. The van der Waals surface area contributed by atoms with E-state index >= 15 is 0 Å². The molecule has 0 radical (unpaired) electrons. The minimum Gasteiger partial charge on any atom is -0.467 e. The van der Waals surface area contributed by atoms with Crippen molar-refractivity contribution in [1.82, 2.24) is 74.4 Å². The van der Waals surface area contributed by atoms with Crippen LogP contribution in [0.25, 0.3) is 11.3 Å². The molecule has 26 nitrogen and oxygen atoms in total. The lowest BCUT2D eigenvalue weighted by Gasteiger charge is -2.23. The van der Waals surface area contributed by atoms with E-state index in [1.165, 1.54) is 91.0 Å². The predicted molar refractivity (Wildman–Crippen MR) is 356 cm³/mol. The lowest BCUT2D eigenvalue weighted by Crippen LogP contribution is -2.28. The van der Waals surface area contributed by atoms with Gasteiger partial charge in [-0.25, -0.2) is 83.5 Å². The Bertz CT molecular complexity index is 4550. The van der Waals surface area contributed by atoms with Crippen molar-refractivity contribution in [3.8, 4) is 47.1 Å². The molecule has 3 atom stereocenters. The zero-order chi connectivity index (χ0) is 73.4. The molecular formula is C62H57Br2F9IN21O5. The second-order valence-corrected chi connectivity index (χ2v) is 24.0. The molecule has 10 rings (SSSR count). The van der Waals surface area contributed by atoms with E-state index in [2.05, 4.69) is 105 Å². The smallest absolute Gasteiger partial charge is 0.258 e. The summed E-state index contributed by atoms with van der Waals surface area (Å²) in [4.78, 5) is 53.4. The van der Waals surface area contributed by atoms with Gasteiger partial charge in [0.2, 0.25) is 0 Å². The highest BCUT2D eigenvalue weighted by Crippen LogP contribution is 2.35. The summed E-state index contributed by atoms with van der Waals surface area (Å²) in [6.45, 7) is 3.16. The molecule has 2 bridgehead atoms. The molecule has 7 heterocycles. The number of rotatable bonds is 17. The number of benzene rings is 3. The zero-order valence-electron chi connectivity index (χ0n) is 53.2. The molecule has 0 fully saturated rings. The summed E-state index contributed by atoms with van der Waals surface area (Å²) in [5.74, 6) is -2.18.